The third-order valence-corrected chi connectivity index (χ3v) is 8.79. The van der Waals surface area contributed by atoms with Gasteiger partial charge in [0.1, 0.15) is 0 Å². The molecule has 1 heterocycles. The minimum absolute atomic E-state index is 0.0727. The lowest BCUT2D eigenvalue weighted by molar-refractivity contribution is -0.111. The van der Waals surface area contributed by atoms with Crippen molar-refractivity contribution in [3.63, 3.8) is 0 Å². The molecule has 1 aliphatic rings. The molecule has 1 saturated heterocycles. The van der Waals surface area contributed by atoms with Crippen LogP contribution in [0.5, 0.6) is 0 Å². The van der Waals surface area contributed by atoms with Crippen molar-refractivity contribution in [3.05, 3.63) is 0 Å². The zero-order valence-corrected chi connectivity index (χ0v) is 14.5. The maximum atomic E-state index is 6.15. The summed E-state index contributed by atoms with van der Waals surface area (Å²) in [6.07, 6.45) is 5.71. The average Bonchev–Trinajstić information content (AvgIpc) is 2.79. The van der Waals surface area contributed by atoms with Crippen LogP contribution >= 0.6 is 0 Å². The SMILES string of the molecule is CC(C)(C)[Si](C)(C)OCCCCCOC1CCCO1. The molecule has 3 nitrogen and oxygen atoms in total. The predicted molar refractivity (Wildman–Crippen MR) is 81.9 cm³/mol. The summed E-state index contributed by atoms with van der Waals surface area (Å²) in [5.74, 6) is 0. The highest BCUT2D eigenvalue weighted by Gasteiger charge is 2.36. The molecule has 0 aromatic rings. The standard InChI is InChI=1S/C15H32O3Si/c1-15(2,3)19(4,5)18-13-8-6-7-11-16-14-10-9-12-17-14/h14H,6-13H2,1-5H3. The van der Waals surface area contributed by atoms with Crippen LogP contribution in [-0.4, -0.2) is 34.4 Å². The van der Waals surface area contributed by atoms with E-state index in [2.05, 4.69) is 33.9 Å². The van der Waals surface area contributed by atoms with Gasteiger partial charge in [-0.25, -0.2) is 0 Å². The highest BCUT2D eigenvalue weighted by molar-refractivity contribution is 6.74. The molecular formula is C15H32O3Si. The summed E-state index contributed by atoms with van der Waals surface area (Å²) in [5.41, 5.74) is 0. The second-order valence-electron chi connectivity index (χ2n) is 6.98. The Morgan fingerprint density at radius 2 is 1.79 bits per heavy atom. The van der Waals surface area contributed by atoms with E-state index in [0.29, 0.717) is 5.04 Å². The molecule has 0 aromatic carbocycles. The van der Waals surface area contributed by atoms with Crippen LogP contribution in [-0.2, 0) is 13.9 Å². The fourth-order valence-corrected chi connectivity index (χ4v) is 2.91. The number of hydrogen-bond acceptors (Lipinski definition) is 3. The van der Waals surface area contributed by atoms with Crippen molar-refractivity contribution >= 4 is 8.32 Å². The first kappa shape index (κ1) is 17.1. The van der Waals surface area contributed by atoms with E-state index in [0.717, 1.165) is 45.5 Å². The number of hydrogen-bond donors (Lipinski definition) is 0. The Morgan fingerprint density at radius 1 is 1.11 bits per heavy atom. The Morgan fingerprint density at radius 3 is 2.37 bits per heavy atom. The Balaban J connectivity index is 1.96. The minimum Gasteiger partial charge on any atom is -0.417 e. The average molecular weight is 289 g/mol. The van der Waals surface area contributed by atoms with E-state index < -0.39 is 8.32 Å². The normalized spacial score (nSPS) is 21.0. The second-order valence-corrected chi connectivity index (χ2v) is 11.8. The highest BCUT2D eigenvalue weighted by atomic mass is 28.4. The molecule has 0 aromatic heterocycles. The molecular weight excluding hydrogens is 256 g/mol. The van der Waals surface area contributed by atoms with Gasteiger partial charge >= 0.3 is 0 Å². The number of unbranched alkanes of at least 4 members (excludes halogenated alkanes) is 2. The van der Waals surface area contributed by atoms with Crippen molar-refractivity contribution in [2.45, 2.75) is 77.3 Å². The van der Waals surface area contributed by atoms with Crippen LogP contribution < -0.4 is 0 Å². The third-order valence-electron chi connectivity index (χ3n) is 4.25. The summed E-state index contributed by atoms with van der Waals surface area (Å²) in [7, 11) is -1.55. The van der Waals surface area contributed by atoms with Gasteiger partial charge in [-0.2, -0.15) is 0 Å². The summed E-state index contributed by atoms with van der Waals surface area (Å²) < 4.78 is 17.2. The molecule has 19 heavy (non-hydrogen) atoms. The molecule has 0 amide bonds. The van der Waals surface area contributed by atoms with Gasteiger partial charge in [-0.1, -0.05) is 20.8 Å². The maximum Gasteiger partial charge on any atom is 0.191 e. The molecule has 0 spiro atoms. The lowest BCUT2D eigenvalue weighted by atomic mass is 10.2. The predicted octanol–water partition coefficient (Wildman–Crippen LogP) is 4.33. The molecule has 0 N–H and O–H groups in total. The van der Waals surface area contributed by atoms with Gasteiger partial charge in [0.25, 0.3) is 0 Å². The van der Waals surface area contributed by atoms with Gasteiger partial charge in [-0.3, -0.25) is 0 Å². The van der Waals surface area contributed by atoms with E-state index in [9.17, 15) is 0 Å². The van der Waals surface area contributed by atoms with Crippen LogP contribution in [0.15, 0.2) is 0 Å². The molecule has 1 atom stereocenters. The van der Waals surface area contributed by atoms with Gasteiger partial charge in [0.2, 0.25) is 0 Å². The lowest BCUT2D eigenvalue weighted by Gasteiger charge is -2.36. The van der Waals surface area contributed by atoms with Crippen LogP contribution in [0.3, 0.4) is 0 Å². The van der Waals surface area contributed by atoms with Gasteiger partial charge in [-0.05, 0) is 43.8 Å². The Labute approximate surface area is 120 Å². The second kappa shape index (κ2) is 7.77. The molecule has 1 unspecified atom stereocenters. The summed E-state index contributed by atoms with van der Waals surface area (Å²) in [5, 5.41) is 0.315. The van der Waals surface area contributed by atoms with Crippen LogP contribution in [0.25, 0.3) is 0 Å². The molecule has 1 aliphatic heterocycles. The zero-order valence-electron chi connectivity index (χ0n) is 13.5. The van der Waals surface area contributed by atoms with Gasteiger partial charge in [0.15, 0.2) is 14.6 Å². The molecule has 1 rings (SSSR count). The van der Waals surface area contributed by atoms with Crippen molar-refractivity contribution in [2.24, 2.45) is 0 Å². The van der Waals surface area contributed by atoms with E-state index in [4.69, 9.17) is 13.9 Å². The van der Waals surface area contributed by atoms with Gasteiger partial charge in [-0.15, -0.1) is 0 Å². The monoisotopic (exact) mass is 288 g/mol. The van der Waals surface area contributed by atoms with E-state index in [-0.39, 0.29) is 6.29 Å². The van der Waals surface area contributed by atoms with Crippen LogP contribution in [0, 0.1) is 0 Å². The summed E-state index contributed by atoms with van der Waals surface area (Å²) >= 11 is 0. The lowest BCUT2D eigenvalue weighted by Crippen LogP contribution is -2.40. The minimum atomic E-state index is -1.55. The van der Waals surface area contributed by atoms with Crippen molar-refractivity contribution < 1.29 is 13.9 Å². The Hall–Kier alpha value is 0.0969. The first-order valence-corrected chi connectivity index (χ1v) is 10.6. The van der Waals surface area contributed by atoms with E-state index in [1.807, 2.05) is 0 Å². The molecule has 0 saturated carbocycles. The summed E-state index contributed by atoms with van der Waals surface area (Å²) in [6.45, 7) is 14.1. The molecule has 4 heteroatoms. The summed E-state index contributed by atoms with van der Waals surface area (Å²) in [6, 6.07) is 0. The zero-order chi connectivity index (χ0) is 14.4. The summed E-state index contributed by atoms with van der Waals surface area (Å²) in [4.78, 5) is 0. The first-order chi connectivity index (χ1) is 8.83. The van der Waals surface area contributed by atoms with Gasteiger partial charge in [0.05, 0.1) is 0 Å². The fourth-order valence-electron chi connectivity index (χ4n) is 1.82. The Kier molecular flexibility index (Phi) is 7.01. The molecule has 0 radical (unpaired) electrons. The number of ether oxygens (including phenoxy) is 2. The molecule has 114 valence electrons. The quantitative estimate of drug-likeness (QED) is 0.491. The molecule has 0 bridgehead atoms. The van der Waals surface area contributed by atoms with E-state index in [1.54, 1.807) is 0 Å². The molecule has 0 aliphatic carbocycles. The maximum absolute atomic E-state index is 6.15. The smallest absolute Gasteiger partial charge is 0.191 e. The van der Waals surface area contributed by atoms with Crippen LogP contribution in [0.1, 0.15) is 52.9 Å². The largest absolute Gasteiger partial charge is 0.417 e. The van der Waals surface area contributed by atoms with Crippen molar-refractivity contribution in [1.29, 1.82) is 0 Å². The van der Waals surface area contributed by atoms with Crippen molar-refractivity contribution in [2.75, 3.05) is 19.8 Å². The third kappa shape index (κ3) is 6.39. The fraction of sp³-hybridized carbons (Fsp3) is 1.00. The highest BCUT2D eigenvalue weighted by Crippen LogP contribution is 2.36. The Bertz CT molecular complexity index is 242. The van der Waals surface area contributed by atoms with Crippen LogP contribution in [0.4, 0.5) is 0 Å². The van der Waals surface area contributed by atoms with Crippen molar-refractivity contribution in [1.82, 2.24) is 0 Å². The topological polar surface area (TPSA) is 27.7 Å². The molecule has 1 fully saturated rings. The number of rotatable bonds is 8. The first-order valence-electron chi connectivity index (χ1n) is 7.70. The van der Waals surface area contributed by atoms with Gasteiger partial charge in [0, 0.05) is 26.2 Å². The van der Waals surface area contributed by atoms with E-state index >= 15 is 0 Å². The van der Waals surface area contributed by atoms with Gasteiger partial charge < -0.3 is 13.9 Å². The van der Waals surface area contributed by atoms with E-state index in [1.165, 1.54) is 6.42 Å². The van der Waals surface area contributed by atoms with Crippen LogP contribution in [0.2, 0.25) is 18.1 Å². The van der Waals surface area contributed by atoms with Crippen molar-refractivity contribution in [3.8, 4) is 0 Å².